The fraction of sp³-hybridized carbons (Fsp3) is 0.412. The summed E-state index contributed by atoms with van der Waals surface area (Å²) in [7, 11) is 0. The molecule has 0 saturated heterocycles. The van der Waals surface area contributed by atoms with E-state index >= 15 is 0 Å². The van der Waals surface area contributed by atoms with E-state index in [4.69, 9.17) is 0 Å². The van der Waals surface area contributed by atoms with Gasteiger partial charge < -0.3 is 15.0 Å². The largest absolute Gasteiger partial charge is 0.440 e. The molecule has 0 amide bonds. The van der Waals surface area contributed by atoms with Crippen molar-refractivity contribution in [3.8, 4) is 6.01 Å². The van der Waals surface area contributed by atoms with Crippen molar-refractivity contribution in [3.63, 3.8) is 0 Å². The lowest BCUT2D eigenvalue weighted by Crippen LogP contribution is -2.47. The van der Waals surface area contributed by atoms with Crippen LogP contribution in [0.3, 0.4) is 0 Å². The monoisotopic (exact) mass is 449 g/mol. The molecule has 1 aromatic carbocycles. The first-order valence-electron chi connectivity index (χ1n) is 9.02. The minimum Gasteiger partial charge on any atom is -0.440 e. The van der Waals surface area contributed by atoms with Crippen LogP contribution in [0.1, 0.15) is 13.8 Å². The van der Waals surface area contributed by atoms with Crippen molar-refractivity contribution < 1.29 is 31.1 Å². The van der Waals surface area contributed by atoms with Crippen LogP contribution < -0.4 is 15.0 Å². The zero-order valence-corrected chi connectivity index (χ0v) is 16.2. The number of H-pyrrole nitrogens is 1. The Kier molecular flexibility index (Phi) is 6.08. The second kappa shape index (κ2) is 8.43. The number of benzene rings is 1. The second-order valence-corrected chi connectivity index (χ2v) is 6.29. The van der Waals surface area contributed by atoms with E-state index < -0.39 is 24.5 Å². The summed E-state index contributed by atoms with van der Waals surface area (Å²) in [5.74, 6) is -0.414. The van der Waals surface area contributed by atoms with Gasteiger partial charge >= 0.3 is 18.4 Å². The Hall–Kier alpha value is -3.32. The van der Waals surface area contributed by atoms with Crippen LogP contribution >= 0.6 is 0 Å². The van der Waals surface area contributed by atoms with Gasteiger partial charge in [0.05, 0.1) is 11.7 Å². The molecule has 0 radical (unpaired) electrons. The Balaban J connectivity index is 1.99. The topological polar surface area (TPSA) is 91.9 Å². The van der Waals surface area contributed by atoms with Gasteiger partial charge in [-0.2, -0.15) is 46.4 Å². The molecule has 0 saturated carbocycles. The molecule has 14 heteroatoms. The van der Waals surface area contributed by atoms with Gasteiger partial charge in [0.25, 0.3) is 6.10 Å². The molecule has 2 heterocycles. The molecule has 0 atom stereocenters. The van der Waals surface area contributed by atoms with E-state index in [1.165, 1.54) is 4.90 Å². The van der Waals surface area contributed by atoms with Gasteiger partial charge in [-0.1, -0.05) is 0 Å². The summed E-state index contributed by atoms with van der Waals surface area (Å²) in [6.07, 6.45) is -14.0. The predicted molar refractivity (Wildman–Crippen MR) is 99.3 cm³/mol. The van der Waals surface area contributed by atoms with Crippen LogP contribution in [0.4, 0.5) is 43.9 Å². The highest BCUT2D eigenvalue weighted by molar-refractivity contribution is 5.82. The third kappa shape index (κ3) is 5.24. The van der Waals surface area contributed by atoms with Gasteiger partial charge in [-0.15, -0.1) is 0 Å². The standard InChI is InChI=1S/C17H17F6N7O/c1-3-30(4-2)14-26-13(25-10-5-6-11-9(7-10)8-24-29-11)27-15(28-14)31-12(16(18,19)20)17(21,22)23/h5-8,12H,3-4H2,1-2H3,(H,24,29)(H,25,26,27,28). The molecule has 0 bridgehead atoms. The Morgan fingerprint density at radius 3 is 2.32 bits per heavy atom. The highest BCUT2D eigenvalue weighted by Gasteiger charge is 2.59. The molecule has 168 valence electrons. The van der Waals surface area contributed by atoms with E-state index in [0.717, 1.165) is 5.52 Å². The fourth-order valence-corrected chi connectivity index (χ4v) is 2.68. The van der Waals surface area contributed by atoms with Gasteiger partial charge in [0, 0.05) is 24.2 Å². The van der Waals surface area contributed by atoms with Crippen molar-refractivity contribution in [2.24, 2.45) is 0 Å². The molecule has 0 aliphatic rings. The van der Waals surface area contributed by atoms with Gasteiger partial charge in [-0.25, -0.2) is 0 Å². The summed E-state index contributed by atoms with van der Waals surface area (Å²) in [6.45, 7) is 4.15. The molecule has 2 N–H and O–H groups in total. The molecule has 0 aliphatic heterocycles. The molecule has 3 aromatic rings. The molecule has 8 nitrogen and oxygen atoms in total. The van der Waals surface area contributed by atoms with Gasteiger partial charge in [-0.3, -0.25) is 5.10 Å². The van der Waals surface area contributed by atoms with E-state index in [1.807, 2.05) is 0 Å². The lowest BCUT2D eigenvalue weighted by Gasteiger charge is -2.24. The highest BCUT2D eigenvalue weighted by atomic mass is 19.4. The Morgan fingerprint density at radius 1 is 1.03 bits per heavy atom. The summed E-state index contributed by atoms with van der Waals surface area (Å²) in [5, 5.41) is 10.1. The quantitative estimate of drug-likeness (QED) is 0.522. The average Bonchev–Trinajstić information content (AvgIpc) is 3.13. The first-order chi connectivity index (χ1) is 14.5. The number of ether oxygens (including phenoxy) is 1. The predicted octanol–water partition coefficient (Wildman–Crippen LogP) is 4.21. The fourth-order valence-electron chi connectivity index (χ4n) is 2.68. The van der Waals surface area contributed by atoms with Crippen LogP contribution in [0, 0.1) is 0 Å². The average molecular weight is 449 g/mol. The van der Waals surface area contributed by atoms with Crippen molar-refractivity contribution >= 4 is 28.5 Å². The second-order valence-electron chi connectivity index (χ2n) is 6.29. The van der Waals surface area contributed by atoms with Gasteiger partial charge in [0.15, 0.2) is 0 Å². The lowest BCUT2D eigenvalue weighted by atomic mass is 10.2. The first kappa shape index (κ1) is 22.4. The minimum atomic E-state index is -5.71. The number of aromatic nitrogens is 5. The maximum atomic E-state index is 12.9. The number of hydrogen-bond acceptors (Lipinski definition) is 7. The molecule has 0 unspecified atom stereocenters. The van der Waals surface area contributed by atoms with Crippen molar-refractivity contribution in [1.82, 2.24) is 25.1 Å². The summed E-state index contributed by atoms with van der Waals surface area (Å²) in [6, 6.07) is 3.83. The van der Waals surface area contributed by atoms with Gasteiger partial charge in [0.2, 0.25) is 11.9 Å². The van der Waals surface area contributed by atoms with Crippen LogP contribution in [0.5, 0.6) is 6.01 Å². The smallest absolute Gasteiger partial charge is 0.434 e. The zero-order valence-electron chi connectivity index (χ0n) is 16.2. The number of nitrogens with zero attached hydrogens (tertiary/aromatic N) is 5. The molecule has 2 aromatic heterocycles. The molecular weight excluding hydrogens is 432 g/mol. The molecule has 0 spiro atoms. The molecular formula is C17H17F6N7O. The highest BCUT2D eigenvalue weighted by Crippen LogP contribution is 2.36. The lowest BCUT2D eigenvalue weighted by molar-refractivity contribution is -0.301. The SMILES string of the molecule is CCN(CC)c1nc(Nc2ccc3[nH]ncc3c2)nc(OC(C(F)(F)F)C(F)(F)F)n1. The third-order valence-electron chi connectivity index (χ3n) is 4.16. The van der Waals surface area contributed by atoms with E-state index in [2.05, 4.69) is 35.2 Å². The summed E-state index contributed by atoms with van der Waals surface area (Å²) < 4.78 is 81.6. The van der Waals surface area contributed by atoms with Crippen LogP contribution in [-0.4, -0.2) is 56.7 Å². The summed E-state index contributed by atoms with van der Waals surface area (Å²) >= 11 is 0. The number of anilines is 3. The van der Waals surface area contributed by atoms with E-state index in [-0.39, 0.29) is 11.9 Å². The molecule has 3 rings (SSSR count). The Labute approximate surface area is 171 Å². The van der Waals surface area contributed by atoms with Crippen LogP contribution in [0.15, 0.2) is 24.4 Å². The maximum absolute atomic E-state index is 12.9. The van der Waals surface area contributed by atoms with Crippen LogP contribution in [0.2, 0.25) is 0 Å². The van der Waals surface area contributed by atoms with Gasteiger partial charge in [-0.05, 0) is 32.0 Å². The normalized spacial score (nSPS) is 12.4. The minimum absolute atomic E-state index is 0.134. The maximum Gasteiger partial charge on any atom is 0.434 e. The van der Waals surface area contributed by atoms with Crippen molar-refractivity contribution in [2.75, 3.05) is 23.3 Å². The van der Waals surface area contributed by atoms with E-state index in [0.29, 0.717) is 24.2 Å². The van der Waals surface area contributed by atoms with E-state index in [1.54, 1.807) is 38.2 Å². The number of nitrogens with one attached hydrogen (secondary N) is 2. The first-order valence-corrected chi connectivity index (χ1v) is 9.02. The van der Waals surface area contributed by atoms with E-state index in [9.17, 15) is 26.3 Å². The molecule has 0 aliphatic carbocycles. The number of fused-ring (bicyclic) bond motifs is 1. The Morgan fingerprint density at radius 2 is 1.71 bits per heavy atom. The summed E-state index contributed by atoms with van der Waals surface area (Å²) in [5.41, 5.74) is 1.16. The number of rotatable bonds is 7. The number of halogens is 6. The molecule has 0 fully saturated rings. The van der Waals surface area contributed by atoms with Crippen LogP contribution in [0.25, 0.3) is 10.9 Å². The number of alkyl halides is 6. The van der Waals surface area contributed by atoms with Crippen LogP contribution in [-0.2, 0) is 0 Å². The molecule has 31 heavy (non-hydrogen) atoms. The van der Waals surface area contributed by atoms with Crippen molar-refractivity contribution in [3.05, 3.63) is 24.4 Å². The Bertz CT molecular complexity index is 1020. The van der Waals surface area contributed by atoms with Gasteiger partial charge in [0.1, 0.15) is 0 Å². The summed E-state index contributed by atoms with van der Waals surface area (Å²) in [4.78, 5) is 12.9. The van der Waals surface area contributed by atoms with Crippen molar-refractivity contribution in [2.45, 2.75) is 32.3 Å². The zero-order chi connectivity index (χ0) is 22.8. The number of aromatic amines is 1. The third-order valence-corrected chi connectivity index (χ3v) is 4.16. The van der Waals surface area contributed by atoms with Crippen molar-refractivity contribution in [1.29, 1.82) is 0 Å². The number of hydrogen-bond donors (Lipinski definition) is 2.